The molecule has 2 N–H and O–H groups in total. The smallest absolute Gasteiger partial charge is 0.139 e. The van der Waals surface area contributed by atoms with Gasteiger partial charge in [0, 0.05) is 37.1 Å². The number of hydrogen-bond acceptors (Lipinski definition) is 4. The lowest BCUT2D eigenvalue weighted by Gasteiger charge is -2.34. The minimum Gasteiger partial charge on any atom is -0.396 e. The molecular formula is C22H25N5O. The van der Waals surface area contributed by atoms with Gasteiger partial charge in [-0.3, -0.25) is 4.90 Å². The third-order valence-corrected chi connectivity index (χ3v) is 5.74. The van der Waals surface area contributed by atoms with Crippen molar-refractivity contribution in [3.8, 4) is 0 Å². The van der Waals surface area contributed by atoms with E-state index in [1.165, 1.54) is 5.56 Å². The Labute approximate surface area is 163 Å². The van der Waals surface area contributed by atoms with E-state index in [-0.39, 0.29) is 6.61 Å². The summed E-state index contributed by atoms with van der Waals surface area (Å²) >= 11 is 0. The van der Waals surface area contributed by atoms with E-state index in [0.717, 1.165) is 60.4 Å². The minimum atomic E-state index is 0.105. The normalized spacial score (nSPS) is 18.2. The van der Waals surface area contributed by atoms with Crippen LogP contribution in [0.15, 0.2) is 48.8 Å². The van der Waals surface area contributed by atoms with Gasteiger partial charge in [0.25, 0.3) is 0 Å². The number of piperidine rings is 1. The third-order valence-electron chi connectivity index (χ3n) is 5.74. The van der Waals surface area contributed by atoms with Crippen LogP contribution in [-0.4, -0.2) is 49.2 Å². The highest BCUT2D eigenvalue weighted by molar-refractivity contribution is 6.01. The van der Waals surface area contributed by atoms with Crippen LogP contribution in [0, 0.1) is 0 Å². The van der Waals surface area contributed by atoms with Gasteiger partial charge in [-0.15, -0.1) is 0 Å². The average molecular weight is 375 g/mol. The first kappa shape index (κ1) is 17.4. The maximum absolute atomic E-state index is 9.60. The Hall–Kier alpha value is -2.70. The first-order valence-electron chi connectivity index (χ1n) is 10.0. The molecule has 0 spiro atoms. The van der Waals surface area contributed by atoms with Crippen molar-refractivity contribution in [3.63, 3.8) is 0 Å². The van der Waals surface area contributed by atoms with Crippen LogP contribution < -0.4 is 0 Å². The van der Waals surface area contributed by atoms with Crippen molar-refractivity contribution >= 4 is 22.1 Å². The quantitative estimate of drug-likeness (QED) is 0.562. The summed E-state index contributed by atoms with van der Waals surface area (Å²) in [5, 5.41) is 10.7. The maximum Gasteiger partial charge on any atom is 0.139 e. The van der Waals surface area contributed by atoms with Crippen molar-refractivity contribution in [3.05, 3.63) is 60.2 Å². The van der Waals surface area contributed by atoms with E-state index in [1.54, 1.807) is 0 Å². The molecule has 5 rings (SSSR count). The Bertz CT molecular complexity index is 1080. The molecule has 0 aliphatic carbocycles. The summed E-state index contributed by atoms with van der Waals surface area (Å²) < 4.78 is 2.38. The van der Waals surface area contributed by atoms with E-state index < -0.39 is 0 Å². The number of likely N-dealkylation sites (tertiary alicyclic amines) is 1. The molecule has 28 heavy (non-hydrogen) atoms. The Morgan fingerprint density at radius 1 is 1.18 bits per heavy atom. The van der Waals surface area contributed by atoms with Gasteiger partial charge in [0.05, 0.1) is 18.3 Å². The summed E-state index contributed by atoms with van der Waals surface area (Å²) in [6, 6.07) is 13.1. The number of pyridine rings is 1. The van der Waals surface area contributed by atoms with Gasteiger partial charge in [0.1, 0.15) is 17.0 Å². The highest BCUT2D eigenvalue weighted by atomic mass is 16.3. The molecule has 1 fully saturated rings. The van der Waals surface area contributed by atoms with Crippen molar-refractivity contribution in [2.75, 3.05) is 19.7 Å². The van der Waals surface area contributed by atoms with Crippen LogP contribution in [0.4, 0.5) is 0 Å². The Morgan fingerprint density at radius 3 is 2.93 bits per heavy atom. The summed E-state index contributed by atoms with van der Waals surface area (Å²) in [5.41, 5.74) is 4.30. The Balaban J connectivity index is 1.53. The SMILES string of the molecule is OCCc1nc2cnc3[nH]ccc3c2n1[C@@H]1CCCN(Cc2ccccc2)C1. The van der Waals surface area contributed by atoms with Crippen LogP contribution in [0.2, 0.25) is 0 Å². The average Bonchev–Trinajstić information content (AvgIpc) is 3.33. The number of aliphatic hydroxyl groups excluding tert-OH is 1. The van der Waals surface area contributed by atoms with Crippen LogP contribution in [0.5, 0.6) is 0 Å². The molecule has 6 nitrogen and oxygen atoms in total. The van der Waals surface area contributed by atoms with Gasteiger partial charge in [0.2, 0.25) is 0 Å². The minimum absolute atomic E-state index is 0.105. The maximum atomic E-state index is 9.60. The molecule has 1 aliphatic heterocycles. The van der Waals surface area contributed by atoms with Crippen LogP contribution in [0.3, 0.4) is 0 Å². The second kappa shape index (κ2) is 7.37. The second-order valence-corrected chi connectivity index (χ2v) is 7.62. The molecule has 6 heteroatoms. The Morgan fingerprint density at radius 2 is 2.07 bits per heavy atom. The molecule has 0 amide bonds. The lowest BCUT2D eigenvalue weighted by molar-refractivity contribution is 0.169. The van der Waals surface area contributed by atoms with E-state index in [1.807, 2.05) is 12.4 Å². The molecule has 1 aliphatic rings. The van der Waals surface area contributed by atoms with Crippen molar-refractivity contribution in [1.82, 2.24) is 24.4 Å². The molecule has 3 aromatic heterocycles. The fraction of sp³-hybridized carbons (Fsp3) is 0.364. The Kier molecular flexibility index (Phi) is 4.58. The number of fused-ring (bicyclic) bond motifs is 3. The molecule has 4 heterocycles. The van der Waals surface area contributed by atoms with Crippen LogP contribution >= 0.6 is 0 Å². The predicted octanol–water partition coefficient (Wildman–Crippen LogP) is 3.28. The zero-order valence-electron chi connectivity index (χ0n) is 15.9. The molecule has 1 aromatic carbocycles. The summed E-state index contributed by atoms with van der Waals surface area (Å²) in [6.45, 7) is 3.19. The summed E-state index contributed by atoms with van der Waals surface area (Å²) in [6.07, 6.45) is 6.63. The van der Waals surface area contributed by atoms with Gasteiger partial charge in [-0.2, -0.15) is 0 Å². The molecule has 1 atom stereocenters. The molecular weight excluding hydrogens is 350 g/mol. The lowest BCUT2D eigenvalue weighted by Crippen LogP contribution is -2.36. The fourth-order valence-corrected chi connectivity index (χ4v) is 4.54. The van der Waals surface area contributed by atoms with Crippen LogP contribution in [-0.2, 0) is 13.0 Å². The first-order chi connectivity index (χ1) is 13.8. The predicted molar refractivity (Wildman–Crippen MR) is 110 cm³/mol. The number of hydrogen-bond donors (Lipinski definition) is 2. The van der Waals surface area contributed by atoms with E-state index in [2.05, 4.69) is 55.8 Å². The van der Waals surface area contributed by atoms with Gasteiger partial charge in [-0.05, 0) is 31.0 Å². The largest absolute Gasteiger partial charge is 0.396 e. The number of imidazole rings is 1. The molecule has 4 aromatic rings. The summed E-state index contributed by atoms with van der Waals surface area (Å²) in [5.74, 6) is 0.958. The van der Waals surface area contributed by atoms with Gasteiger partial charge < -0.3 is 14.7 Å². The molecule has 1 saturated heterocycles. The fourth-order valence-electron chi connectivity index (χ4n) is 4.54. The van der Waals surface area contributed by atoms with E-state index in [4.69, 9.17) is 4.98 Å². The van der Waals surface area contributed by atoms with Crippen LogP contribution in [0.25, 0.3) is 22.1 Å². The lowest BCUT2D eigenvalue weighted by atomic mass is 10.0. The zero-order chi connectivity index (χ0) is 18.9. The number of nitrogens with zero attached hydrogens (tertiary/aromatic N) is 4. The first-order valence-corrected chi connectivity index (χ1v) is 10.0. The molecule has 0 saturated carbocycles. The number of aromatic nitrogens is 4. The van der Waals surface area contributed by atoms with E-state index in [9.17, 15) is 5.11 Å². The number of aliphatic hydroxyl groups is 1. The molecule has 0 unspecified atom stereocenters. The van der Waals surface area contributed by atoms with Crippen molar-refractivity contribution in [2.24, 2.45) is 0 Å². The highest BCUT2D eigenvalue weighted by Crippen LogP contribution is 2.32. The summed E-state index contributed by atoms with van der Waals surface area (Å²) in [4.78, 5) is 15.1. The number of benzene rings is 1. The molecule has 0 bridgehead atoms. The molecule has 144 valence electrons. The molecule has 0 radical (unpaired) electrons. The third kappa shape index (κ3) is 3.08. The number of aromatic amines is 1. The van der Waals surface area contributed by atoms with Crippen LogP contribution in [0.1, 0.15) is 30.3 Å². The van der Waals surface area contributed by atoms with Crippen molar-refractivity contribution in [1.29, 1.82) is 0 Å². The monoisotopic (exact) mass is 375 g/mol. The van der Waals surface area contributed by atoms with Gasteiger partial charge in [0.15, 0.2) is 0 Å². The van der Waals surface area contributed by atoms with Gasteiger partial charge >= 0.3 is 0 Å². The second-order valence-electron chi connectivity index (χ2n) is 7.62. The standard InChI is InChI=1S/C22H25N5O/c28-12-9-20-25-19-13-24-22-18(8-10-23-22)21(19)27(20)17-7-4-11-26(15-17)14-16-5-2-1-3-6-16/h1-3,5-6,8,10,13,17,28H,4,7,9,11-12,14-15H2,(H,23,24)/t17-/m1/s1. The van der Waals surface area contributed by atoms with E-state index >= 15 is 0 Å². The zero-order valence-corrected chi connectivity index (χ0v) is 15.9. The topological polar surface area (TPSA) is 70.0 Å². The number of nitrogens with one attached hydrogen (secondary N) is 1. The van der Waals surface area contributed by atoms with Crippen molar-refractivity contribution < 1.29 is 5.11 Å². The van der Waals surface area contributed by atoms with Crippen molar-refractivity contribution in [2.45, 2.75) is 31.8 Å². The van der Waals surface area contributed by atoms with E-state index in [0.29, 0.717) is 12.5 Å². The number of rotatable bonds is 5. The summed E-state index contributed by atoms with van der Waals surface area (Å²) in [7, 11) is 0. The van der Waals surface area contributed by atoms with Gasteiger partial charge in [-0.1, -0.05) is 30.3 Å². The highest BCUT2D eigenvalue weighted by Gasteiger charge is 2.26. The number of H-pyrrole nitrogens is 1. The van der Waals surface area contributed by atoms with Gasteiger partial charge in [-0.25, -0.2) is 9.97 Å².